The number of carbonyl (C=O) groups is 3. The first-order chi connectivity index (χ1) is 15.4. The van der Waals surface area contributed by atoms with E-state index in [9.17, 15) is 14.4 Å². The first-order valence-corrected chi connectivity index (χ1v) is 12.2. The molecular formula is C24H31ClN4O3. The van der Waals surface area contributed by atoms with Gasteiger partial charge in [-0.3, -0.25) is 9.59 Å². The summed E-state index contributed by atoms with van der Waals surface area (Å²) in [5.41, 5.74) is 0.824. The van der Waals surface area contributed by atoms with E-state index in [4.69, 9.17) is 11.6 Å². The van der Waals surface area contributed by atoms with Crippen molar-refractivity contribution >= 4 is 35.1 Å². The maximum Gasteiger partial charge on any atom is 0.315 e. The molecular weight excluding hydrogens is 428 g/mol. The predicted molar refractivity (Wildman–Crippen MR) is 123 cm³/mol. The summed E-state index contributed by atoms with van der Waals surface area (Å²) in [5, 5.41) is 12.1. The lowest BCUT2D eigenvalue weighted by Crippen LogP contribution is -2.61. The van der Waals surface area contributed by atoms with E-state index in [1.165, 1.54) is 19.3 Å². The molecule has 5 saturated carbocycles. The Morgan fingerprint density at radius 3 is 2.28 bits per heavy atom. The molecule has 5 aliphatic carbocycles. The number of anilines is 1. The number of amides is 4. The van der Waals surface area contributed by atoms with Crippen molar-refractivity contribution in [1.29, 1.82) is 0 Å². The third kappa shape index (κ3) is 4.87. The fraction of sp³-hybridized carbons (Fsp3) is 0.625. The van der Waals surface area contributed by atoms with Gasteiger partial charge in [0.1, 0.15) is 0 Å². The molecule has 0 aliphatic heterocycles. The van der Waals surface area contributed by atoms with Crippen LogP contribution in [0.25, 0.3) is 0 Å². The van der Waals surface area contributed by atoms with E-state index in [0.29, 0.717) is 16.3 Å². The molecule has 0 heterocycles. The molecule has 8 heteroatoms. The summed E-state index contributed by atoms with van der Waals surface area (Å²) in [7, 11) is 0. The molecule has 0 spiro atoms. The molecule has 1 aromatic rings. The van der Waals surface area contributed by atoms with E-state index in [1.807, 2.05) is 0 Å². The van der Waals surface area contributed by atoms with Gasteiger partial charge in [0.2, 0.25) is 5.91 Å². The molecule has 172 valence electrons. The topological polar surface area (TPSA) is 99.3 Å². The molecule has 6 rings (SSSR count). The lowest BCUT2D eigenvalue weighted by atomic mass is 9.53. The molecule has 1 aromatic carbocycles. The minimum atomic E-state index is -0.226. The van der Waals surface area contributed by atoms with Crippen LogP contribution in [0, 0.1) is 17.8 Å². The number of nitrogens with one attached hydrogen (secondary N) is 4. The van der Waals surface area contributed by atoms with Crippen LogP contribution in [0.3, 0.4) is 0 Å². The van der Waals surface area contributed by atoms with Gasteiger partial charge < -0.3 is 21.3 Å². The maximum atomic E-state index is 12.5. The third-order valence-electron chi connectivity index (χ3n) is 7.46. The number of carbonyl (C=O) groups excluding carboxylic acids is 3. The minimum absolute atomic E-state index is 0.0398. The van der Waals surface area contributed by atoms with Gasteiger partial charge >= 0.3 is 6.03 Å². The molecule has 0 atom stereocenters. The van der Waals surface area contributed by atoms with Gasteiger partial charge in [0.05, 0.1) is 10.6 Å². The molecule has 4 N–H and O–H groups in total. The second-order valence-electron chi connectivity index (χ2n) is 10.3. The predicted octanol–water partition coefficient (Wildman–Crippen LogP) is 3.83. The lowest BCUT2D eigenvalue weighted by Gasteiger charge is -2.56. The van der Waals surface area contributed by atoms with Crippen molar-refractivity contribution in [2.24, 2.45) is 17.8 Å². The second-order valence-corrected chi connectivity index (χ2v) is 10.7. The normalized spacial score (nSPS) is 30.0. The average molecular weight is 459 g/mol. The van der Waals surface area contributed by atoms with Crippen LogP contribution in [0.4, 0.5) is 10.5 Å². The molecule has 4 amide bonds. The molecule has 5 fully saturated rings. The molecule has 32 heavy (non-hydrogen) atoms. The SMILES string of the molecule is O=C(CCNC(=O)NC12CC3CC(CC(C3)C1)C2)Nc1ccc(Cl)c(C(=O)NC2CC2)c1. The second kappa shape index (κ2) is 8.58. The van der Waals surface area contributed by atoms with Crippen molar-refractivity contribution in [1.82, 2.24) is 16.0 Å². The number of halogens is 1. The Hall–Kier alpha value is -2.28. The number of benzene rings is 1. The summed E-state index contributed by atoms with van der Waals surface area (Å²) >= 11 is 6.15. The zero-order chi connectivity index (χ0) is 22.3. The van der Waals surface area contributed by atoms with Gasteiger partial charge in [-0.15, -0.1) is 0 Å². The quantitative estimate of drug-likeness (QED) is 0.499. The van der Waals surface area contributed by atoms with Crippen LogP contribution in [-0.4, -0.2) is 36.0 Å². The summed E-state index contributed by atoms with van der Waals surface area (Å²) < 4.78 is 0. The molecule has 0 saturated heterocycles. The highest BCUT2D eigenvalue weighted by molar-refractivity contribution is 6.34. The first-order valence-electron chi connectivity index (χ1n) is 11.8. The van der Waals surface area contributed by atoms with Gasteiger partial charge in [-0.1, -0.05) is 11.6 Å². The van der Waals surface area contributed by atoms with Gasteiger partial charge in [-0.2, -0.15) is 0 Å². The number of hydrogen-bond donors (Lipinski definition) is 4. The highest BCUT2D eigenvalue weighted by Gasteiger charge is 2.51. The van der Waals surface area contributed by atoms with Crippen LogP contribution < -0.4 is 21.3 Å². The Morgan fingerprint density at radius 2 is 1.66 bits per heavy atom. The van der Waals surface area contributed by atoms with Gasteiger partial charge in [-0.25, -0.2) is 4.79 Å². The van der Waals surface area contributed by atoms with Crippen molar-refractivity contribution in [2.75, 3.05) is 11.9 Å². The highest BCUT2D eigenvalue weighted by atomic mass is 35.5. The Morgan fingerprint density at radius 1 is 1.00 bits per heavy atom. The average Bonchev–Trinajstić information content (AvgIpc) is 3.52. The van der Waals surface area contributed by atoms with Crippen LogP contribution in [0.5, 0.6) is 0 Å². The van der Waals surface area contributed by atoms with Crippen LogP contribution >= 0.6 is 11.6 Å². The molecule has 0 unspecified atom stereocenters. The van der Waals surface area contributed by atoms with E-state index in [0.717, 1.165) is 49.9 Å². The van der Waals surface area contributed by atoms with Crippen molar-refractivity contribution in [3.05, 3.63) is 28.8 Å². The van der Waals surface area contributed by atoms with Crippen LogP contribution in [-0.2, 0) is 4.79 Å². The maximum absolute atomic E-state index is 12.5. The van der Waals surface area contributed by atoms with Crippen LogP contribution in [0.1, 0.15) is 68.1 Å². The number of urea groups is 1. The Bertz CT molecular complexity index is 895. The summed E-state index contributed by atoms with van der Waals surface area (Å²) in [6.45, 7) is 0.257. The number of hydrogen-bond acceptors (Lipinski definition) is 3. The van der Waals surface area contributed by atoms with Crippen LogP contribution in [0.15, 0.2) is 18.2 Å². The zero-order valence-corrected chi connectivity index (χ0v) is 19.0. The van der Waals surface area contributed by atoms with E-state index in [2.05, 4.69) is 21.3 Å². The molecule has 0 aromatic heterocycles. The van der Waals surface area contributed by atoms with Crippen molar-refractivity contribution in [3.63, 3.8) is 0 Å². The smallest absolute Gasteiger partial charge is 0.315 e. The fourth-order valence-corrected chi connectivity index (χ4v) is 6.53. The molecule has 4 bridgehead atoms. The zero-order valence-electron chi connectivity index (χ0n) is 18.2. The van der Waals surface area contributed by atoms with Gasteiger partial charge in [0.15, 0.2) is 0 Å². The summed E-state index contributed by atoms with van der Waals surface area (Å²) in [6, 6.07) is 4.92. The molecule has 0 radical (unpaired) electrons. The standard InChI is InChI=1S/C24H31ClN4O3/c25-20-4-3-18(10-19(20)22(31)28-17-1-2-17)27-21(30)5-6-26-23(32)29-24-11-14-7-15(12-24)9-16(8-14)13-24/h3-4,10,14-17H,1-2,5-9,11-13H2,(H,27,30)(H,28,31)(H2,26,29,32). The molecule has 7 nitrogen and oxygen atoms in total. The van der Waals surface area contributed by atoms with Gasteiger partial charge in [0.25, 0.3) is 5.91 Å². The highest BCUT2D eigenvalue weighted by Crippen LogP contribution is 2.55. The van der Waals surface area contributed by atoms with E-state index in [1.54, 1.807) is 18.2 Å². The van der Waals surface area contributed by atoms with Crippen molar-refractivity contribution < 1.29 is 14.4 Å². The Labute approximate surface area is 193 Å². The van der Waals surface area contributed by atoms with Gasteiger partial charge in [-0.05, 0) is 87.3 Å². The van der Waals surface area contributed by atoms with Crippen molar-refractivity contribution in [3.8, 4) is 0 Å². The monoisotopic (exact) mass is 458 g/mol. The number of rotatable bonds is 7. The van der Waals surface area contributed by atoms with E-state index >= 15 is 0 Å². The first kappa shape index (κ1) is 21.6. The fourth-order valence-electron chi connectivity index (χ4n) is 6.33. The molecule has 5 aliphatic rings. The summed E-state index contributed by atoms with van der Waals surface area (Å²) in [5.74, 6) is 1.85. The van der Waals surface area contributed by atoms with Crippen LogP contribution in [0.2, 0.25) is 5.02 Å². The van der Waals surface area contributed by atoms with Crippen molar-refractivity contribution in [2.45, 2.75) is 69.4 Å². The minimum Gasteiger partial charge on any atom is -0.349 e. The third-order valence-corrected chi connectivity index (χ3v) is 7.79. The van der Waals surface area contributed by atoms with Gasteiger partial charge in [0, 0.05) is 30.2 Å². The summed E-state index contributed by atoms with van der Waals surface area (Å²) in [4.78, 5) is 37.1. The Balaban J connectivity index is 1.08. The summed E-state index contributed by atoms with van der Waals surface area (Å²) in [6.07, 6.45) is 9.42. The lowest BCUT2D eigenvalue weighted by molar-refractivity contribution is -0.116. The largest absolute Gasteiger partial charge is 0.349 e. The van der Waals surface area contributed by atoms with E-state index in [-0.39, 0.29) is 42.4 Å². The Kier molecular flexibility index (Phi) is 5.78. The van der Waals surface area contributed by atoms with E-state index < -0.39 is 0 Å².